The number of hydrogen-bond donors (Lipinski definition) is 1. The molecule has 1 aromatic heterocycles. The third kappa shape index (κ3) is 2.96. The van der Waals surface area contributed by atoms with Gasteiger partial charge in [-0.25, -0.2) is 13.4 Å². The summed E-state index contributed by atoms with van der Waals surface area (Å²) in [5.74, 6) is 0.810. The molecule has 0 aliphatic carbocycles. The number of anilines is 1. The normalized spacial score (nSPS) is 11.7. The molecule has 0 unspecified atom stereocenters. The summed E-state index contributed by atoms with van der Waals surface area (Å²) in [6.45, 7) is 4.06. The predicted molar refractivity (Wildman–Crippen MR) is 74.6 cm³/mol. The van der Waals surface area contributed by atoms with Crippen LogP contribution in [0.4, 0.5) is 5.69 Å². The van der Waals surface area contributed by atoms with E-state index >= 15 is 0 Å². The molecule has 1 aromatic carbocycles. The Balaban J connectivity index is 2.23. The van der Waals surface area contributed by atoms with Crippen LogP contribution in [-0.4, -0.2) is 23.7 Å². The Labute approximate surface area is 113 Å². The van der Waals surface area contributed by atoms with Crippen LogP contribution in [0.1, 0.15) is 11.4 Å². The van der Waals surface area contributed by atoms with Gasteiger partial charge < -0.3 is 10.3 Å². The summed E-state index contributed by atoms with van der Waals surface area (Å²) < 4.78 is 26.4. The van der Waals surface area contributed by atoms with E-state index in [9.17, 15) is 8.42 Å². The SMILES string of the molecule is Cc1ccc(N)c(S(=O)(=O)CCn2ccnc2C)c1. The third-order valence-electron chi connectivity index (χ3n) is 3.03. The second-order valence-electron chi connectivity index (χ2n) is 4.53. The molecule has 19 heavy (non-hydrogen) atoms. The Kier molecular flexibility index (Phi) is 3.61. The van der Waals surface area contributed by atoms with Crippen LogP contribution in [0.2, 0.25) is 0 Å². The highest BCUT2D eigenvalue weighted by Crippen LogP contribution is 2.21. The molecule has 2 N–H and O–H groups in total. The number of hydrogen-bond acceptors (Lipinski definition) is 4. The number of aromatic nitrogens is 2. The fourth-order valence-electron chi connectivity index (χ4n) is 1.88. The van der Waals surface area contributed by atoms with Gasteiger partial charge in [0.2, 0.25) is 0 Å². The minimum Gasteiger partial charge on any atom is -0.398 e. The van der Waals surface area contributed by atoms with Crippen LogP contribution in [0.5, 0.6) is 0 Å². The summed E-state index contributed by atoms with van der Waals surface area (Å²) in [7, 11) is -3.38. The maximum absolute atomic E-state index is 12.3. The minimum atomic E-state index is -3.38. The van der Waals surface area contributed by atoms with Crippen LogP contribution in [0, 0.1) is 13.8 Å². The van der Waals surface area contributed by atoms with Gasteiger partial charge in [0, 0.05) is 18.9 Å². The summed E-state index contributed by atoms with van der Waals surface area (Å²) >= 11 is 0. The zero-order chi connectivity index (χ0) is 14.0. The van der Waals surface area contributed by atoms with E-state index in [1.165, 1.54) is 0 Å². The van der Waals surface area contributed by atoms with E-state index < -0.39 is 9.84 Å². The molecule has 0 aliphatic rings. The Hall–Kier alpha value is -1.82. The second kappa shape index (κ2) is 5.05. The molecule has 102 valence electrons. The first-order valence-electron chi connectivity index (χ1n) is 5.97. The Morgan fingerprint density at radius 3 is 2.68 bits per heavy atom. The van der Waals surface area contributed by atoms with Crippen LogP contribution < -0.4 is 5.73 Å². The average Bonchev–Trinajstić information content (AvgIpc) is 2.75. The van der Waals surface area contributed by atoms with E-state index in [1.54, 1.807) is 30.6 Å². The largest absolute Gasteiger partial charge is 0.398 e. The fraction of sp³-hybridized carbons (Fsp3) is 0.308. The van der Waals surface area contributed by atoms with Crippen molar-refractivity contribution in [1.29, 1.82) is 0 Å². The Morgan fingerprint density at radius 1 is 1.32 bits per heavy atom. The number of benzene rings is 1. The van der Waals surface area contributed by atoms with Crippen LogP contribution in [-0.2, 0) is 16.4 Å². The van der Waals surface area contributed by atoms with Crippen molar-refractivity contribution >= 4 is 15.5 Å². The zero-order valence-corrected chi connectivity index (χ0v) is 11.8. The lowest BCUT2D eigenvalue weighted by Gasteiger charge is -2.09. The molecule has 0 saturated heterocycles. The number of aryl methyl sites for hydroxylation is 3. The van der Waals surface area contributed by atoms with E-state index in [0.717, 1.165) is 11.4 Å². The molecule has 0 aliphatic heterocycles. The van der Waals surface area contributed by atoms with Crippen molar-refractivity contribution in [2.75, 3.05) is 11.5 Å². The van der Waals surface area contributed by atoms with Gasteiger partial charge in [-0.2, -0.15) is 0 Å². The van der Waals surface area contributed by atoms with Gasteiger partial charge in [0.05, 0.1) is 16.3 Å². The number of nitrogens with zero attached hydrogens (tertiary/aromatic N) is 2. The van der Waals surface area contributed by atoms with Gasteiger partial charge in [-0.05, 0) is 31.5 Å². The van der Waals surface area contributed by atoms with Crippen molar-refractivity contribution in [3.05, 3.63) is 42.0 Å². The van der Waals surface area contributed by atoms with Gasteiger partial charge in [0.1, 0.15) is 5.82 Å². The molecular formula is C13H17N3O2S. The molecule has 1 heterocycles. The molecule has 0 saturated carbocycles. The second-order valence-corrected chi connectivity index (χ2v) is 6.61. The maximum Gasteiger partial charge on any atom is 0.182 e. The lowest BCUT2D eigenvalue weighted by Crippen LogP contribution is -2.15. The van der Waals surface area contributed by atoms with Gasteiger partial charge in [-0.15, -0.1) is 0 Å². The molecular weight excluding hydrogens is 262 g/mol. The highest BCUT2D eigenvalue weighted by Gasteiger charge is 2.18. The minimum absolute atomic E-state index is 0.0118. The molecule has 2 aromatic rings. The number of nitrogens with two attached hydrogens (primary N) is 1. The molecule has 6 heteroatoms. The first-order valence-corrected chi connectivity index (χ1v) is 7.62. The van der Waals surface area contributed by atoms with Crippen LogP contribution >= 0.6 is 0 Å². The van der Waals surface area contributed by atoms with Crippen molar-refractivity contribution in [3.63, 3.8) is 0 Å². The molecule has 2 rings (SSSR count). The van der Waals surface area contributed by atoms with Crippen molar-refractivity contribution in [3.8, 4) is 0 Å². The number of rotatable bonds is 4. The van der Waals surface area contributed by atoms with Gasteiger partial charge >= 0.3 is 0 Å². The molecule has 0 amide bonds. The first kappa shape index (κ1) is 13.6. The first-order chi connectivity index (χ1) is 8.90. The van der Waals surface area contributed by atoms with E-state index in [1.807, 2.05) is 18.4 Å². The summed E-state index contributed by atoms with van der Waals surface area (Å²) in [4.78, 5) is 4.28. The molecule has 5 nitrogen and oxygen atoms in total. The molecule has 0 spiro atoms. The summed E-state index contributed by atoms with van der Waals surface area (Å²) in [6, 6.07) is 5.05. The fourth-order valence-corrected chi connectivity index (χ4v) is 3.33. The number of imidazole rings is 1. The summed E-state index contributed by atoms with van der Waals surface area (Å²) in [5.41, 5.74) is 6.94. The van der Waals surface area contributed by atoms with E-state index in [0.29, 0.717) is 12.2 Å². The maximum atomic E-state index is 12.3. The highest BCUT2D eigenvalue weighted by atomic mass is 32.2. The molecule has 0 atom stereocenters. The van der Waals surface area contributed by atoms with E-state index in [4.69, 9.17) is 5.73 Å². The summed E-state index contributed by atoms with van der Waals surface area (Å²) in [5, 5.41) is 0. The monoisotopic (exact) mass is 279 g/mol. The van der Waals surface area contributed by atoms with Crippen molar-refractivity contribution < 1.29 is 8.42 Å². The quantitative estimate of drug-likeness (QED) is 0.861. The molecule has 0 bridgehead atoms. The highest BCUT2D eigenvalue weighted by molar-refractivity contribution is 7.91. The predicted octanol–water partition coefficient (Wildman–Crippen LogP) is 1.56. The smallest absolute Gasteiger partial charge is 0.182 e. The Morgan fingerprint density at radius 2 is 2.05 bits per heavy atom. The van der Waals surface area contributed by atoms with Crippen LogP contribution in [0.15, 0.2) is 35.5 Å². The zero-order valence-electron chi connectivity index (χ0n) is 11.0. The molecule has 0 fully saturated rings. The van der Waals surface area contributed by atoms with Crippen molar-refractivity contribution in [2.45, 2.75) is 25.3 Å². The van der Waals surface area contributed by atoms with E-state index in [2.05, 4.69) is 4.98 Å². The Bertz CT molecular complexity index is 690. The van der Waals surface area contributed by atoms with Crippen molar-refractivity contribution in [2.24, 2.45) is 0 Å². The van der Waals surface area contributed by atoms with E-state index in [-0.39, 0.29) is 10.6 Å². The third-order valence-corrected chi connectivity index (χ3v) is 4.77. The van der Waals surface area contributed by atoms with Crippen LogP contribution in [0.3, 0.4) is 0 Å². The topological polar surface area (TPSA) is 78.0 Å². The van der Waals surface area contributed by atoms with Crippen molar-refractivity contribution in [1.82, 2.24) is 9.55 Å². The lowest BCUT2D eigenvalue weighted by atomic mass is 10.2. The molecule has 0 radical (unpaired) electrons. The number of sulfone groups is 1. The van der Waals surface area contributed by atoms with Gasteiger partial charge in [0.15, 0.2) is 9.84 Å². The van der Waals surface area contributed by atoms with Gasteiger partial charge in [-0.3, -0.25) is 0 Å². The standard InChI is InChI=1S/C13H17N3O2S/c1-10-3-4-12(14)13(9-10)19(17,18)8-7-16-6-5-15-11(16)2/h3-6,9H,7-8,14H2,1-2H3. The van der Waals surface area contributed by atoms with Crippen LogP contribution in [0.25, 0.3) is 0 Å². The summed E-state index contributed by atoms with van der Waals surface area (Å²) in [6.07, 6.45) is 3.42. The average molecular weight is 279 g/mol. The van der Waals surface area contributed by atoms with Gasteiger partial charge in [-0.1, -0.05) is 6.07 Å². The van der Waals surface area contributed by atoms with Gasteiger partial charge in [0.25, 0.3) is 0 Å². The number of nitrogen functional groups attached to an aromatic ring is 1. The lowest BCUT2D eigenvalue weighted by molar-refractivity contribution is 0.588.